The van der Waals surface area contributed by atoms with Gasteiger partial charge in [-0.2, -0.15) is 0 Å². The normalized spacial score (nSPS) is 10.5. The number of anilines is 2. The van der Waals surface area contributed by atoms with Crippen molar-refractivity contribution in [3.8, 4) is 0 Å². The molecule has 0 bridgehead atoms. The van der Waals surface area contributed by atoms with Gasteiger partial charge < -0.3 is 10.4 Å². The van der Waals surface area contributed by atoms with Crippen molar-refractivity contribution in [1.29, 1.82) is 0 Å². The Balaban J connectivity index is 2.50. The SMILES string of the molecule is O=C(O)c1cccc(Nc2c(F)c(F)c(F)c(F)c2F)n1. The van der Waals surface area contributed by atoms with Crippen molar-refractivity contribution in [2.75, 3.05) is 5.32 Å². The Hall–Kier alpha value is -2.71. The minimum absolute atomic E-state index is 0.391. The van der Waals surface area contributed by atoms with Gasteiger partial charge in [-0.3, -0.25) is 0 Å². The summed E-state index contributed by atoms with van der Waals surface area (Å²) in [6, 6.07) is 3.38. The van der Waals surface area contributed by atoms with Crippen LogP contribution in [0.5, 0.6) is 0 Å². The van der Waals surface area contributed by atoms with Gasteiger partial charge in [0, 0.05) is 0 Å². The molecular weight excluding hydrogens is 299 g/mol. The Kier molecular flexibility index (Phi) is 3.74. The standard InChI is InChI=1S/C12H5F5N2O2/c13-6-7(14)9(16)11(10(17)8(6)15)19-5-3-1-2-4(18-5)12(20)21/h1-3H,(H,18,19)(H,20,21). The van der Waals surface area contributed by atoms with E-state index in [9.17, 15) is 26.7 Å². The molecule has 1 aromatic carbocycles. The van der Waals surface area contributed by atoms with Gasteiger partial charge in [0.2, 0.25) is 5.82 Å². The number of carbonyl (C=O) groups is 1. The van der Waals surface area contributed by atoms with Crippen LogP contribution in [0.3, 0.4) is 0 Å². The van der Waals surface area contributed by atoms with Gasteiger partial charge in [0.1, 0.15) is 11.5 Å². The van der Waals surface area contributed by atoms with E-state index in [1.54, 1.807) is 0 Å². The zero-order chi connectivity index (χ0) is 15.7. The van der Waals surface area contributed by atoms with Crippen LogP contribution in [0.15, 0.2) is 18.2 Å². The largest absolute Gasteiger partial charge is 0.477 e. The van der Waals surface area contributed by atoms with Crippen LogP contribution >= 0.6 is 0 Å². The second-order valence-corrected chi connectivity index (χ2v) is 3.78. The maximum atomic E-state index is 13.4. The number of rotatable bonds is 3. The van der Waals surface area contributed by atoms with Crippen molar-refractivity contribution < 1.29 is 31.9 Å². The van der Waals surface area contributed by atoms with Crippen LogP contribution in [-0.4, -0.2) is 16.1 Å². The molecule has 0 spiro atoms. The average molecular weight is 304 g/mol. The summed E-state index contributed by atoms with van der Waals surface area (Å²) in [5.74, 6) is -12.5. The Morgan fingerprint density at radius 1 is 0.952 bits per heavy atom. The van der Waals surface area contributed by atoms with Crippen molar-refractivity contribution in [2.24, 2.45) is 0 Å². The molecule has 0 aliphatic rings. The van der Waals surface area contributed by atoms with Crippen LogP contribution in [0.2, 0.25) is 0 Å². The molecule has 110 valence electrons. The molecule has 1 aromatic heterocycles. The maximum Gasteiger partial charge on any atom is 0.354 e. The van der Waals surface area contributed by atoms with Gasteiger partial charge in [-0.1, -0.05) is 6.07 Å². The van der Waals surface area contributed by atoms with E-state index in [1.165, 1.54) is 6.07 Å². The van der Waals surface area contributed by atoms with Crippen molar-refractivity contribution >= 4 is 17.5 Å². The van der Waals surface area contributed by atoms with E-state index in [4.69, 9.17) is 5.11 Å². The second-order valence-electron chi connectivity index (χ2n) is 3.78. The number of aromatic nitrogens is 1. The van der Waals surface area contributed by atoms with Crippen LogP contribution in [0.1, 0.15) is 10.5 Å². The van der Waals surface area contributed by atoms with E-state index < -0.39 is 52.3 Å². The van der Waals surface area contributed by atoms with Crippen LogP contribution in [-0.2, 0) is 0 Å². The number of benzene rings is 1. The number of pyridine rings is 1. The summed E-state index contributed by atoms with van der Waals surface area (Å²) in [7, 11) is 0. The zero-order valence-electron chi connectivity index (χ0n) is 9.92. The highest BCUT2D eigenvalue weighted by molar-refractivity contribution is 5.85. The Labute approximate surface area is 113 Å². The lowest BCUT2D eigenvalue weighted by Crippen LogP contribution is -2.08. The molecular formula is C12H5F5N2O2. The lowest BCUT2D eigenvalue weighted by molar-refractivity contribution is 0.0690. The van der Waals surface area contributed by atoms with Crippen molar-refractivity contribution in [3.05, 3.63) is 53.0 Å². The van der Waals surface area contributed by atoms with Gasteiger partial charge in [-0.05, 0) is 12.1 Å². The number of nitrogens with one attached hydrogen (secondary N) is 1. The molecule has 2 aromatic rings. The lowest BCUT2D eigenvalue weighted by atomic mass is 10.2. The highest BCUT2D eigenvalue weighted by atomic mass is 19.2. The van der Waals surface area contributed by atoms with Gasteiger partial charge >= 0.3 is 5.97 Å². The highest BCUT2D eigenvalue weighted by Crippen LogP contribution is 2.29. The molecule has 2 N–H and O–H groups in total. The summed E-state index contributed by atoms with van der Waals surface area (Å²) >= 11 is 0. The van der Waals surface area contributed by atoms with Crippen LogP contribution < -0.4 is 5.32 Å². The summed E-state index contributed by atoms with van der Waals surface area (Å²) in [6.45, 7) is 0. The topological polar surface area (TPSA) is 62.2 Å². The Bertz CT molecular complexity index is 707. The summed E-state index contributed by atoms with van der Waals surface area (Å²) in [6.07, 6.45) is 0. The van der Waals surface area contributed by atoms with Crippen molar-refractivity contribution in [3.63, 3.8) is 0 Å². The molecule has 4 nitrogen and oxygen atoms in total. The van der Waals surface area contributed by atoms with Crippen molar-refractivity contribution in [2.45, 2.75) is 0 Å². The van der Waals surface area contributed by atoms with E-state index in [1.807, 2.05) is 5.32 Å². The first-order valence-electron chi connectivity index (χ1n) is 5.31. The van der Waals surface area contributed by atoms with Crippen molar-refractivity contribution in [1.82, 2.24) is 4.98 Å². The van der Waals surface area contributed by atoms with Gasteiger partial charge in [0.25, 0.3) is 0 Å². The molecule has 2 rings (SSSR count). The number of hydrogen-bond donors (Lipinski definition) is 2. The molecule has 0 aliphatic heterocycles. The van der Waals surface area contributed by atoms with Crippen LogP contribution in [0.25, 0.3) is 0 Å². The quantitative estimate of drug-likeness (QED) is 0.519. The molecule has 0 atom stereocenters. The van der Waals surface area contributed by atoms with Gasteiger partial charge in [0.15, 0.2) is 29.0 Å². The summed E-state index contributed by atoms with van der Waals surface area (Å²) in [4.78, 5) is 14.1. The Morgan fingerprint density at radius 3 is 2.00 bits per heavy atom. The highest BCUT2D eigenvalue weighted by Gasteiger charge is 2.26. The third-order valence-electron chi connectivity index (χ3n) is 2.43. The first kappa shape index (κ1) is 14.7. The second kappa shape index (κ2) is 5.35. The average Bonchev–Trinajstić information content (AvgIpc) is 2.48. The molecule has 0 unspecified atom stereocenters. The minimum Gasteiger partial charge on any atom is -0.477 e. The molecule has 0 amide bonds. The molecule has 0 saturated carbocycles. The predicted molar refractivity (Wildman–Crippen MR) is 60.7 cm³/mol. The van der Waals surface area contributed by atoms with E-state index in [-0.39, 0.29) is 0 Å². The number of nitrogens with zero attached hydrogens (tertiary/aromatic N) is 1. The fourth-order valence-electron chi connectivity index (χ4n) is 1.47. The first-order valence-corrected chi connectivity index (χ1v) is 5.31. The molecule has 0 radical (unpaired) electrons. The lowest BCUT2D eigenvalue weighted by Gasteiger charge is -2.10. The van der Waals surface area contributed by atoms with Crippen LogP contribution in [0.4, 0.5) is 33.5 Å². The number of aromatic carboxylic acids is 1. The maximum absolute atomic E-state index is 13.4. The third kappa shape index (κ3) is 2.62. The smallest absolute Gasteiger partial charge is 0.354 e. The zero-order valence-corrected chi connectivity index (χ0v) is 9.92. The first-order chi connectivity index (χ1) is 9.82. The monoisotopic (exact) mass is 304 g/mol. The third-order valence-corrected chi connectivity index (χ3v) is 2.43. The van der Waals surface area contributed by atoms with E-state index in [2.05, 4.69) is 4.98 Å². The van der Waals surface area contributed by atoms with Gasteiger partial charge in [-0.15, -0.1) is 0 Å². The molecule has 0 fully saturated rings. The van der Waals surface area contributed by atoms with E-state index in [0.717, 1.165) is 12.1 Å². The summed E-state index contributed by atoms with van der Waals surface area (Å²) in [5, 5.41) is 10.6. The molecule has 0 aliphatic carbocycles. The minimum atomic E-state index is -2.29. The molecule has 1 heterocycles. The van der Waals surface area contributed by atoms with E-state index >= 15 is 0 Å². The van der Waals surface area contributed by atoms with Gasteiger partial charge in [0.05, 0.1) is 0 Å². The number of carboxylic acid groups (broad SMARTS) is 1. The fourth-order valence-corrected chi connectivity index (χ4v) is 1.47. The Morgan fingerprint density at radius 2 is 1.48 bits per heavy atom. The molecule has 21 heavy (non-hydrogen) atoms. The van der Waals surface area contributed by atoms with E-state index in [0.29, 0.717) is 0 Å². The molecule has 0 saturated heterocycles. The summed E-state index contributed by atoms with van der Waals surface area (Å²) in [5.41, 5.74) is -1.79. The predicted octanol–water partition coefficient (Wildman–Crippen LogP) is 3.22. The van der Waals surface area contributed by atoms with Crippen LogP contribution in [0, 0.1) is 29.1 Å². The number of halogens is 5. The molecule has 9 heteroatoms. The fraction of sp³-hybridized carbons (Fsp3) is 0. The van der Waals surface area contributed by atoms with Gasteiger partial charge in [-0.25, -0.2) is 31.7 Å². The number of hydrogen-bond acceptors (Lipinski definition) is 3. The number of carboxylic acids is 1. The summed E-state index contributed by atoms with van der Waals surface area (Å²) < 4.78 is 65.7.